The Hall–Kier alpha value is -1.45. The number of rotatable bonds is 4. The lowest BCUT2D eigenvalue weighted by atomic mass is 10.5. The van der Waals surface area contributed by atoms with Gasteiger partial charge in [0.05, 0.1) is 19.6 Å². The van der Waals surface area contributed by atoms with Gasteiger partial charge in [-0.3, -0.25) is 10.1 Å². The van der Waals surface area contributed by atoms with Crippen molar-refractivity contribution in [2.75, 3.05) is 19.6 Å². The molecule has 2 N–H and O–H groups in total. The van der Waals surface area contributed by atoms with E-state index < -0.39 is 0 Å². The van der Waals surface area contributed by atoms with Crippen molar-refractivity contribution in [3.8, 4) is 24.2 Å². The van der Waals surface area contributed by atoms with Crippen LogP contribution < -0.4 is 10.6 Å². The lowest BCUT2D eigenvalue weighted by Gasteiger charge is -2.00. The van der Waals surface area contributed by atoms with Crippen LogP contribution in [0.2, 0.25) is 0 Å². The van der Waals surface area contributed by atoms with Gasteiger partial charge >= 0.3 is 0 Å². The van der Waals surface area contributed by atoms with Crippen molar-refractivity contribution < 1.29 is 4.79 Å². The summed E-state index contributed by atoms with van der Waals surface area (Å²) < 4.78 is 0. The fraction of sp³-hybridized carbons (Fsp3) is 0.444. The van der Waals surface area contributed by atoms with Gasteiger partial charge in [-0.05, 0) is 6.92 Å². The summed E-state index contributed by atoms with van der Waals surface area (Å²) in [5.74, 6) is 7.67. The van der Waals surface area contributed by atoms with E-state index in [2.05, 4.69) is 28.4 Å². The summed E-state index contributed by atoms with van der Waals surface area (Å²) in [5.41, 5.74) is 0. The summed E-state index contributed by atoms with van der Waals surface area (Å²) in [6, 6.07) is 0. The predicted molar refractivity (Wildman–Crippen MR) is 48.2 cm³/mol. The third-order valence-electron chi connectivity index (χ3n) is 1.06. The van der Waals surface area contributed by atoms with Crippen LogP contribution in [0, 0.1) is 24.2 Å². The van der Waals surface area contributed by atoms with Gasteiger partial charge in [0.25, 0.3) is 0 Å². The van der Waals surface area contributed by atoms with Crippen LogP contribution in [-0.4, -0.2) is 25.5 Å². The third-order valence-corrected chi connectivity index (χ3v) is 1.06. The maximum atomic E-state index is 10.9. The molecule has 0 unspecified atom stereocenters. The molecule has 0 aliphatic carbocycles. The largest absolute Gasteiger partial charge is 0.344 e. The lowest BCUT2D eigenvalue weighted by molar-refractivity contribution is -0.119. The molecule has 0 saturated heterocycles. The van der Waals surface area contributed by atoms with Crippen molar-refractivity contribution in [1.29, 1.82) is 0 Å². The van der Waals surface area contributed by atoms with E-state index >= 15 is 0 Å². The minimum absolute atomic E-state index is 0.0898. The van der Waals surface area contributed by atoms with Crippen molar-refractivity contribution in [3.63, 3.8) is 0 Å². The molecule has 0 aromatic heterocycles. The Morgan fingerprint density at radius 2 is 2.25 bits per heavy atom. The number of hydrogen-bond acceptors (Lipinski definition) is 2. The molecule has 0 saturated carbocycles. The van der Waals surface area contributed by atoms with E-state index in [0.29, 0.717) is 13.1 Å². The summed E-state index contributed by atoms with van der Waals surface area (Å²) in [6.07, 6.45) is 4.97. The maximum Gasteiger partial charge on any atom is 0.234 e. The van der Waals surface area contributed by atoms with Crippen LogP contribution in [0.5, 0.6) is 0 Å². The molecular formula is C9H12N2O. The summed E-state index contributed by atoms with van der Waals surface area (Å²) in [4.78, 5) is 10.9. The van der Waals surface area contributed by atoms with Gasteiger partial charge in [-0.2, -0.15) is 0 Å². The Balaban J connectivity index is 3.33. The molecule has 0 fully saturated rings. The molecule has 0 aliphatic heterocycles. The number of terminal acetylenes is 1. The van der Waals surface area contributed by atoms with E-state index in [0.717, 1.165) is 0 Å². The number of hydrogen-bond donors (Lipinski definition) is 2. The van der Waals surface area contributed by atoms with E-state index in [1.807, 2.05) is 0 Å². The van der Waals surface area contributed by atoms with Gasteiger partial charge in [0.1, 0.15) is 0 Å². The Bertz CT molecular complexity index is 229. The quantitative estimate of drug-likeness (QED) is 0.428. The summed E-state index contributed by atoms with van der Waals surface area (Å²) in [7, 11) is 0. The van der Waals surface area contributed by atoms with E-state index in [1.54, 1.807) is 6.92 Å². The minimum atomic E-state index is -0.0898. The van der Waals surface area contributed by atoms with Crippen LogP contribution >= 0.6 is 0 Å². The molecule has 3 heteroatoms. The van der Waals surface area contributed by atoms with Crippen LogP contribution in [0.1, 0.15) is 6.92 Å². The van der Waals surface area contributed by atoms with E-state index in [-0.39, 0.29) is 12.5 Å². The summed E-state index contributed by atoms with van der Waals surface area (Å²) in [6.45, 7) is 2.78. The summed E-state index contributed by atoms with van der Waals surface area (Å²) >= 11 is 0. The van der Waals surface area contributed by atoms with Gasteiger partial charge in [0.2, 0.25) is 5.91 Å². The highest BCUT2D eigenvalue weighted by molar-refractivity contribution is 5.78. The van der Waals surface area contributed by atoms with Crippen molar-refractivity contribution in [1.82, 2.24) is 10.6 Å². The fourth-order valence-corrected chi connectivity index (χ4v) is 0.542. The normalized spacial score (nSPS) is 7.67. The first-order valence-electron chi connectivity index (χ1n) is 3.61. The molecule has 0 radical (unpaired) electrons. The smallest absolute Gasteiger partial charge is 0.234 e. The number of amides is 1. The highest BCUT2D eigenvalue weighted by atomic mass is 16.1. The first-order valence-corrected chi connectivity index (χ1v) is 3.61. The Kier molecular flexibility index (Phi) is 6.73. The molecule has 0 aromatic carbocycles. The van der Waals surface area contributed by atoms with Gasteiger partial charge < -0.3 is 5.32 Å². The van der Waals surface area contributed by atoms with E-state index in [1.165, 1.54) is 0 Å². The second-order valence-electron chi connectivity index (χ2n) is 2.01. The van der Waals surface area contributed by atoms with Crippen LogP contribution in [0.25, 0.3) is 0 Å². The molecule has 12 heavy (non-hydrogen) atoms. The second-order valence-corrected chi connectivity index (χ2v) is 2.01. The second kappa shape index (κ2) is 7.65. The standard InChI is InChI=1S/C9H12N2O/c1-3-5-7-11-9(12)8-10-6-4-2/h2,10H,6-8H2,1H3,(H,11,12). The SMILES string of the molecule is C#CCNCC(=O)NCC#CC. The zero-order valence-corrected chi connectivity index (χ0v) is 7.11. The van der Waals surface area contributed by atoms with Crippen molar-refractivity contribution in [2.45, 2.75) is 6.92 Å². The van der Waals surface area contributed by atoms with Crippen molar-refractivity contribution in [2.24, 2.45) is 0 Å². The van der Waals surface area contributed by atoms with Crippen LogP contribution in [-0.2, 0) is 4.79 Å². The topological polar surface area (TPSA) is 41.1 Å². The molecule has 3 nitrogen and oxygen atoms in total. The van der Waals surface area contributed by atoms with Crippen LogP contribution in [0.3, 0.4) is 0 Å². The Labute approximate surface area is 72.9 Å². The first-order chi connectivity index (χ1) is 5.81. The highest BCUT2D eigenvalue weighted by Crippen LogP contribution is 1.63. The molecule has 64 valence electrons. The molecular weight excluding hydrogens is 152 g/mol. The predicted octanol–water partition coefficient (Wildman–Crippen LogP) is -0.651. The van der Waals surface area contributed by atoms with Gasteiger partial charge in [-0.15, -0.1) is 12.3 Å². The zero-order valence-electron chi connectivity index (χ0n) is 7.11. The molecule has 0 aromatic rings. The molecule has 1 amide bonds. The zero-order chi connectivity index (χ0) is 9.23. The number of carbonyl (C=O) groups excluding carboxylic acids is 1. The monoisotopic (exact) mass is 164 g/mol. The molecule has 0 bridgehead atoms. The Morgan fingerprint density at radius 3 is 2.83 bits per heavy atom. The number of nitrogens with one attached hydrogen (secondary N) is 2. The van der Waals surface area contributed by atoms with Crippen molar-refractivity contribution in [3.05, 3.63) is 0 Å². The van der Waals surface area contributed by atoms with E-state index in [4.69, 9.17) is 6.42 Å². The first kappa shape index (κ1) is 10.6. The molecule has 0 atom stereocenters. The van der Waals surface area contributed by atoms with E-state index in [9.17, 15) is 4.79 Å². The molecule has 0 rings (SSSR count). The number of carbonyl (C=O) groups is 1. The van der Waals surface area contributed by atoms with Crippen molar-refractivity contribution >= 4 is 5.91 Å². The Morgan fingerprint density at radius 1 is 1.50 bits per heavy atom. The summed E-state index contributed by atoms with van der Waals surface area (Å²) in [5, 5.41) is 5.36. The van der Waals surface area contributed by atoms with Gasteiger partial charge in [0.15, 0.2) is 0 Å². The maximum absolute atomic E-state index is 10.9. The molecule has 0 spiro atoms. The fourth-order valence-electron chi connectivity index (χ4n) is 0.542. The third kappa shape index (κ3) is 6.67. The molecule has 0 aliphatic rings. The average Bonchev–Trinajstić information content (AvgIpc) is 2.06. The highest BCUT2D eigenvalue weighted by Gasteiger charge is 1.95. The minimum Gasteiger partial charge on any atom is -0.344 e. The van der Waals surface area contributed by atoms with Gasteiger partial charge in [0, 0.05) is 0 Å². The van der Waals surface area contributed by atoms with Gasteiger partial charge in [-0.1, -0.05) is 11.8 Å². The van der Waals surface area contributed by atoms with Crippen LogP contribution in [0.4, 0.5) is 0 Å². The lowest BCUT2D eigenvalue weighted by Crippen LogP contribution is -2.34. The molecule has 0 heterocycles. The van der Waals surface area contributed by atoms with Crippen LogP contribution in [0.15, 0.2) is 0 Å². The average molecular weight is 164 g/mol. The van der Waals surface area contributed by atoms with Gasteiger partial charge in [-0.25, -0.2) is 0 Å².